The van der Waals surface area contributed by atoms with Gasteiger partial charge in [-0.05, 0) is 43.2 Å². The quantitative estimate of drug-likeness (QED) is 0.758. The first-order valence-corrected chi connectivity index (χ1v) is 9.84. The second kappa shape index (κ2) is 8.05. The van der Waals surface area contributed by atoms with Crippen molar-refractivity contribution in [2.75, 3.05) is 12.4 Å². The maximum atomic E-state index is 13.0. The smallest absolute Gasteiger partial charge is 0.310 e. The Labute approximate surface area is 165 Å². The molecule has 2 bridgehead atoms. The van der Waals surface area contributed by atoms with Crippen molar-refractivity contribution >= 4 is 17.6 Å². The lowest BCUT2D eigenvalue weighted by Gasteiger charge is -2.24. The lowest BCUT2D eigenvalue weighted by molar-refractivity contribution is -0.160. The van der Waals surface area contributed by atoms with E-state index in [0.29, 0.717) is 28.8 Å². The van der Waals surface area contributed by atoms with Crippen molar-refractivity contribution in [3.8, 4) is 5.75 Å². The van der Waals surface area contributed by atoms with E-state index in [1.807, 2.05) is 30.3 Å². The van der Waals surface area contributed by atoms with Crippen LogP contribution in [0.2, 0.25) is 0 Å². The predicted octanol–water partition coefficient (Wildman–Crippen LogP) is 4.35. The van der Waals surface area contributed by atoms with Gasteiger partial charge >= 0.3 is 5.97 Å². The Hall–Kier alpha value is -2.82. The van der Waals surface area contributed by atoms with Gasteiger partial charge in [0.1, 0.15) is 5.75 Å². The molecule has 0 spiro atoms. The summed E-state index contributed by atoms with van der Waals surface area (Å²) >= 11 is 0. The molecule has 4 atom stereocenters. The molecule has 2 aliphatic rings. The molecular formula is C23H25NO4. The number of esters is 1. The summed E-state index contributed by atoms with van der Waals surface area (Å²) in [6.45, 7) is 0. The van der Waals surface area contributed by atoms with Gasteiger partial charge in [0, 0.05) is 17.3 Å². The van der Waals surface area contributed by atoms with E-state index in [0.717, 1.165) is 19.3 Å². The number of hydrogen-bond acceptors (Lipinski definition) is 4. The van der Waals surface area contributed by atoms with Crippen LogP contribution in [0.1, 0.15) is 37.4 Å². The fourth-order valence-electron chi connectivity index (χ4n) is 4.55. The number of methoxy groups -OCH3 is 1. The zero-order chi connectivity index (χ0) is 19.5. The largest absolute Gasteiger partial charge is 0.497 e. The number of nitrogens with one attached hydrogen (secondary N) is 1. The van der Waals surface area contributed by atoms with Crippen LogP contribution in [0.15, 0.2) is 54.6 Å². The highest BCUT2D eigenvalue weighted by atomic mass is 16.5. The summed E-state index contributed by atoms with van der Waals surface area (Å²) in [5, 5.41) is 2.85. The van der Waals surface area contributed by atoms with Gasteiger partial charge in [0.2, 0.25) is 6.10 Å². The van der Waals surface area contributed by atoms with Gasteiger partial charge in [0.05, 0.1) is 13.0 Å². The normalized spacial score (nSPS) is 23.8. The van der Waals surface area contributed by atoms with Crippen molar-refractivity contribution in [3.63, 3.8) is 0 Å². The molecule has 1 amide bonds. The third-order valence-corrected chi connectivity index (χ3v) is 5.95. The Kier molecular flexibility index (Phi) is 5.33. The lowest BCUT2D eigenvalue weighted by atomic mass is 9.89. The van der Waals surface area contributed by atoms with Crippen LogP contribution in [-0.2, 0) is 14.3 Å². The monoisotopic (exact) mass is 379 g/mol. The standard InChI is InChI=1S/C23H25NO4/c1-27-19-9-5-8-18(14-19)24-22(25)21(16-6-3-2-4-7-16)28-23(26)20-13-15-10-11-17(20)12-15/h2-9,14-15,17,20-21H,10-13H2,1H3,(H,24,25). The first-order chi connectivity index (χ1) is 13.6. The zero-order valence-corrected chi connectivity index (χ0v) is 16.0. The SMILES string of the molecule is COc1cccc(NC(=O)C(OC(=O)C2CC3CCC2C3)c2ccccc2)c1. The number of amides is 1. The predicted molar refractivity (Wildman–Crippen MR) is 106 cm³/mol. The van der Waals surface area contributed by atoms with E-state index >= 15 is 0 Å². The van der Waals surface area contributed by atoms with Crippen molar-refractivity contribution in [1.82, 2.24) is 0 Å². The van der Waals surface area contributed by atoms with Crippen LogP contribution in [0.25, 0.3) is 0 Å². The van der Waals surface area contributed by atoms with E-state index < -0.39 is 6.10 Å². The Morgan fingerprint density at radius 2 is 1.86 bits per heavy atom. The summed E-state index contributed by atoms with van der Waals surface area (Å²) in [6, 6.07) is 16.3. The minimum Gasteiger partial charge on any atom is -0.497 e. The molecule has 5 nitrogen and oxygen atoms in total. The number of ether oxygens (including phenoxy) is 2. The molecule has 4 rings (SSSR count). The highest BCUT2D eigenvalue weighted by molar-refractivity contribution is 5.96. The second-order valence-corrected chi connectivity index (χ2v) is 7.73. The number of rotatable bonds is 6. The summed E-state index contributed by atoms with van der Waals surface area (Å²) in [7, 11) is 1.57. The summed E-state index contributed by atoms with van der Waals surface area (Å²) in [6.07, 6.45) is 3.34. The molecule has 2 saturated carbocycles. The van der Waals surface area contributed by atoms with Gasteiger partial charge in [0.25, 0.3) is 5.91 Å². The Morgan fingerprint density at radius 3 is 2.54 bits per heavy atom. The summed E-state index contributed by atoms with van der Waals surface area (Å²) < 4.78 is 11.0. The minimum absolute atomic E-state index is 0.0745. The van der Waals surface area contributed by atoms with E-state index in [2.05, 4.69) is 5.32 Å². The number of carbonyl (C=O) groups is 2. The van der Waals surface area contributed by atoms with E-state index in [4.69, 9.17) is 9.47 Å². The third-order valence-electron chi connectivity index (χ3n) is 5.95. The first-order valence-electron chi connectivity index (χ1n) is 9.84. The Morgan fingerprint density at radius 1 is 1.04 bits per heavy atom. The van der Waals surface area contributed by atoms with E-state index in [1.165, 1.54) is 6.42 Å². The molecule has 0 aromatic heterocycles. The number of benzene rings is 2. The molecule has 0 saturated heterocycles. The minimum atomic E-state index is -0.973. The van der Waals surface area contributed by atoms with Crippen LogP contribution in [0, 0.1) is 17.8 Å². The Bertz CT molecular complexity index is 851. The van der Waals surface area contributed by atoms with Crippen LogP contribution in [0.4, 0.5) is 5.69 Å². The fraction of sp³-hybridized carbons (Fsp3) is 0.391. The highest BCUT2D eigenvalue weighted by Crippen LogP contribution is 2.49. The number of anilines is 1. The highest BCUT2D eigenvalue weighted by Gasteiger charge is 2.45. The molecule has 0 radical (unpaired) electrons. The molecule has 5 heteroatoms. The lowest BCUT2D eigenvalue weighted by Crippen LogP contribution is -2.30. The van der Waals surface area contributed by atoms with Crippen LogP contribution < -0.4 is 10.1 Å². The molecule has 0 aliphatic heterocycles. The van der Waals surface area contributed by atoms with Gasteiger partial charge in [-0.25, -0.2) is 0 Å². The van der Waals surface area contributed by atoms with Crippen molar-refractivity contribution in [3.05, 3.63) is 60.2 Å². The number of fused-ring (bicyclic) bond motifs is 2. The van der Waals surface area contributed by atoms with Gasteiger partial charge < -0.3 is 14.8 Å². The van der Waals surface area contributed by atoms with Crippen LogP contribution in [0.5, 0.6) is 5.75 Å². The summed E-state index contributed by atoms with van der Waals surface area (Å²) in [5.41, 5.74) is 1.26. The van der Waals surface area contributed by atoms with Gasteiger partial charge in [-0.2, -0.15) is 0 Å². The van der Waals surface area contributed by atoms with Gasteiger partial charge in [-0.15, -0.1) is 0 Å². The molecule has 4 unspecified atom stereocenters. The molecule has 0 heterocycles. The molecule has 146 valence electrons. The van der Waals surface area contributed by atoms with Gasteiger partial charge in [0.15, 0.2) is 0 Å². The molecule has 2 aromatic rings. The molecule has 28 heavy (non-hydrogen) atoms. The second-order valence-electron chi connectivity index (χ2n) is 7.73. The maximum Gasteiger partial charge on any atom is 0.310 e. The van der Waals surface area contributed by atoms with Crippen molar-refractivity contribution < 1.29 is 19.1 Å². The number of hydrogen-bond donors (Lipinski definition) is 1. The van der Waals surface area contributed by atoms with Crippen LogP contribution >= 0.6 is 0 Å². The van der Waals surface area contributed by atoms with E-state index in [-0.39, 0.29) is 17.8 Å². The van der Waals surface area contributed by atoms with Crippen molar-refractivity contribution in [1.29, 1.82) is 0 Å². The molecule has 2 aromatic carbocycles. The first kappa shape index (κ1) is 18.5. The van der Waals surface area contributed by atoms with Crippen LogP contribution in [-0.4, -0.2) is 19.0 Å². The molecule has 2 fully saturated rings. The third kappa shape index (κ3) is 3.88. The topological polar surface area (TPSA) is 64.6 Å². The van der Waals surface area contributed by atoms with E-state index in [1.54, 1.807) is 31.4 Å². The zero-order valence-electron chi connectivity index (χ0n) is 16.0. The molecular weight excluding hydrogens is 354 g/mol. The summed E-state index contributed by atoms with van der Waals surface area (Å²) in [5.74, 6) is 1.01. The molecule has 1 N–H and O–H groups in total. The van der Waals surface area contributed by atoms with Gasteiger partial charge in [-0.3, -0.25) is 9.59 Å². The molecule has 2 aliphatic carbocycles. The average Bonchev–Trinajstić information content (AvgIpc) is 3.36. The van der Waals surface area contributed by atoms with Crippen molar-refractivity contribution in [2.45, 2.75) is 31.8 Å². The summed E-state index contributed by atoms with van der Waals surface area (Å²) in [4.78, 5) is 25.8. The van der Waals surface area contributed by atoms with E-state index in [9.17, 15) is 9.59 Å². The van der Waals surface area contributed by atoms with Crippen LogP contribution in [0.3, 0.4) is 0 Å². The number of carbonyl (C=O) groups excluding carboxylic acids is 2. The van der Waals surface area contributed by atoms with Crippen molar-refractivity contribution in [2.24, 2.45) is 17.8 Å². The fourth-order valence-corrected chi connectivity index (χ4v) is 4.55. The van der Waals surface area contributed by atoms with Gasteiger partial charge in [-0.1, -0.05) is 42.8 Å². The Balaban J connectivity index is 1.51. The average molecular weight is 379 g/mol. The maximum absolute atomic E-state index is 13.0.